The highest BCUT2D eigenvalue weighted by atomic mass is 16.7. The molecule has 1 aromatic carbocycles. The lowest BCUT2D eigenvalue weighted by atomic mass is 10.1. The largest absolute Gasteiger partial charge is 0.480 e. The molecule has 0 radical (unpaired) electrons. The Labute approximate surface area is 104 Å². The molecule has 96 valence electrons. The summed E-state index contributed by atoms with van der Waals surface area (Å²) in [6, 6.07) is 5.49. The van der Waals surface area contributed by atoms with Gasteiger partial charge in [-0.3, -0.25) is 9.59 Å². The van der Waals surface area contributed by atoms with Gasteiger partial charge >= 0.3 is 5.97 Å². The van der Waals surface area contributed by atoms with E-state index in [4.69, 9.17) is 14.6 Å². The van der Waals surface area contributed by atoms with Crippen LogP contribution in [0, 0.1) is 0 Å². The number of carboxylic acid groups (broad SMARTS) is 1. The number of carbonyl (C=O) groups excluding carboxylic acids is 1. The van der Waals surface area contributed by atoms with E-state index < -0.39 is 5.97 Å². The minimum atomic E-state index is -1.05. The molecule has 0 unspecified atom stereocenters. The molecule has 6 nitrogen and oxygen atoms in total. The Bertz CT molecular complexity index is 472. The molecular weight excluding hydrogens is 238 g/mol. The molecule has 2 N–H and O–H groups in total. The molecule has 0 aromatic heterocycles. The number of hydrogen-bond acceptors (Lipinski definition) is 4. The van der Waals surface area contributed by atoms with Crippen molar-refractivity contribution < 1.29 is 24.2 Å². The van der Waals surface area contributed by atoms with Crippen LogP contribution in [0.4, 0.5) is 0 Å². The van der Waals surface area contributed by atoms with E-state index in [-0.39, 0.29) is 25.7 Å². The average molecular weight is 251 g/mol. The molecule has 0 bridgehead atoms. The highest BCUT2D eigenvalue weighted by molar-refractivity contribution is 5.81. The standard InChI is InChI=1S/C12H13NO5/c14-10(13-6-11(15)16)5-4-8-2-1-3-9-12(8)18-7-17-9/h1-3H,4-7H2,(H,13,14)(H,15,16). The van der Waals surface area contributed by atoms with Crippen LogP contribution < -0.4 is 14.8 Å². The van der Waals surface area contributed by atoms with Crippen LogP contribution in [0.1, 0.15) is 12.0 Å². The summed E-state index contributed by atoms with van der Waals surface area (Å²) < 4.78 is 10.5. The van der Waals surface area contributed by atoms with Crippen molar-refractivity contribution in [3.63, 3.8) is 0 Å². The average Bonchev–Trinajstić information content (AvgIpc) is 2.82. The summed E-state index contributed by atoms with van der Waals surface area (Å²) in [7, 11) is 0. The maximum atomic E-state index is 11.4. The molecule has 18 heavy (non-hydrogen) atoms. The number of nitrogens with one attached hydrogen (secondary N) is 1. The molecule has 2 rings (SSSR count). The second kappa shape index (κ2) is 5.39. The Morgan fingerprint density at radius 1 is 1.33 bits per heavy atom. The summed E-state index contributed by atoms with van der Waals surface area (Å²) in [6.07, 6.45) is 0.699. The van der Waals surface area contributed by atoms with Gasteiger partial charge in [-0.15, -0.1) is 0 Å². The topological polar surface area (TPSA) is 84.9 Å². The molecule has 0 saturated heterocycles. The normalized spacial score (nSPS) is 12.2. The first-order chi connectivity index (χ1) is 8.66. The monoisotopic (exact) mass is 251 g/mol. The number of benzene rings is 1. The Balaban J connectivity index is 1.89. The highest BCUT2D eigenvalue weighted by Crippen LogP contribution is 2.35. The maximum absolute atomic E-state index is 11.4. The van der Waals surface area contributed by atoms with Crippen LogP contribution in [0.5, 0.6) is 11.5 Å². The van der Waals surface area contributed by atoms with E-state index in [0.717, 1.165) is 5.56 Å². The summed E-state index contributed by atoms with van der Waals surface area (Å²) in [6.45, 7) is -0.164. The van der Waals surface area contributed by atoms with E-state index in [1.165, 1.54) is 0 Å². The third kappa shape index (κ3) is 2.91. The molecule has 1 aliphatic rings. The van der Waals surface area contributed by atoms with E-state index in [2.05, 4.69) is 5.32 Å². The van der Waals surface area contributed by atoms with Gasteiger partial charge in [0.05, 0.1) is 0 Å². The van der Waals surface area contributed by atoms with Crippen LogP contribution >= 0.6 is 0 Å². The van der Waals surface area contributed by atoms with Crippen molar-refractivity contribution in [3.05, 3.63) is 23.8 Å². The minimum Gasteiger partial charge on any atom is -0.480 e. The number of aliphatic carboxylic acids is 1. The van der Waals surface area contributed by atoms with Gasteiger partial charge in [0.15, 0.2) is 11.5 Å². The van der Waals surface area contributed by atoms with Gasteiger partial charge in [0.2, 0.25) is 12.7 Å². The second-order valence-corrected chi connectivity index (χ2v) is 3.82. The lowest BCUT2D eigenvalue weighted by molar-refractivity contribution is -0.137. The van der Waals surface area contributed by atoms with Crippen LogP contribution in [0.3, 0.4) is 0 Å². The third-order valence-corrected chi connectivity index (χ3v) is 2.54. The molecule has 0 atom stereocenters. The van der Waals surface area contributed by atoms with Crippen molar-refractivity contribution in [1.29, 1.82) is 0 Å². The quantitative estimate of drug-likeness (QED) is 0.798. The van der Waals surface area contributed by atoms with Gasteiger partial charge < -0.3 is 19.9 Å². The fourth-order valence-electron chi connectivity index (χ4n) is 1.70. The van der Waals surface area contributed by atoms with Crippen LogP contribution in [-0.2, 0) is 16.0 Å². The molecule has 1 amide bonds. The predicted octanol–water partition coefficient (Wildman–Crippen LogP) is 0.549. The van der Waals surface area contributed by atoms with Crippen LogP contribution in [0.25, 0.3) is 0 Å². The van der Waals surface area contributed by atoms with Gasteiger partial charge in [0.25, 0.3) is 0 Å². The SMILES string of the molecule is O=C(O)CNC(=O)CCc1cccc2c1OCO2. The summed E-state index contributed by atoms with van der Waals surface area (Å²) in [5, 5.41) is 10.7. The Morgan fingerprint density at radius 2 is 2.17 bits per heavy atom. The predicted molar refractivity (Wildman–Crippen MR) is 61.5 cm³/mol. The second-order valence-electron chi connectivity index (χ2n) is 3.82. The summed E-state index contributed by atoms with van der Waals surface area (Å²) >= 11 is 0. The number of carbonyl (C=O) groups is 2. The molecule has 6 heteroatoms. The first-order valence-electron chi connectivity index (χ1n) is 5.53. The molecule has 0 spiro atoms. The lowest BCUT2D eigenvalue weighted by Gasteiger charge is -2.05. The van der Waals surface area contributed by atoms with Crippen molar-refractivity contribution in [3.8, 4) is 11.5 Å². The van der Waals surface area contributed by atoms with Crippen molar-refractivity contribution in [2.24, 2.45) is 0 Å². The summed E-state index contributed by atoms with van der Waals surface area (Å²) in [5.74, 6) is -0.00316. The first-order valence-corrected chi connectivity index (χ1v) is 5.53. The Hall–Kier alpha value is -2.24. The number of fused-ring (bicyclic) bond motifs is 1. The van der Waals surface area contributed by atoms with Crippen molar-refractivity contribution in [2.45, 2.75) is 12.8 Å². The van der Waals surface area contributed by atoms with Crippen LogP contribution in [0.2, 0.25) is 0 Å². The molecule has 0 fully saturated rings. The maximum Gasteiger partial charge on any atom is 0.322 e. The van der Waals surface area contributed by atoms with Crippen molar-refractivity contribution >= 4 is 11.9 Å². The minimum absolute atomic E-state index is 0.192. The van der Waals surface area contributed by atoms with E-state index in [1.807, 2.05) is 12.1 Å². The number of amides is 1. The molecular formula is C12H13NO5. The number of aryl methyl sites for hydroxylation is 1. The van der Waals surface area contributed by atoms with E-state index in [1.54, 1.807) is 6.07 Å². The number of ether oxygens (including phenoxy) is 2. The number of carboxylic acids is 1. The summed E-state index contributed by atoms with van der Waals surface area (Å²) in [5.41, 5.74) is 0.885. The van der Waals surface area contributed by atoms with E-state index in [9.17, 15) is 9.59 Å². The number of para-hydroxylation sites is 1. The lowest BCUT2D eigenvalue weighted by Crippen LogP contribution is -2.29. The van der Waals surface area contributed by atoms with Gasteiger partial charge in [-0.2, -0.15) is 0 Å². The summed E-state index contributed by atoms with van der Waals surface area (Å²) in [4.78, 5) is 21.7. The molecule has 1 aliphatic heterocycles. The van der Waals surface area contributed by atoms with Crippen molar-refractivity contribution in [1.82, 2.24) is 5.32 Å². The fraction of sp³-hybridized carbons (Fsp3) is 0.333. The van der Waals surface area contributed by atoms with Crippen LogP contribution in [-0.4, -0.2) is 30.3 Å². The van der Waals surface area contributed by atoms with Gasteiger partial charge in [-0.25, -0.2) is 0 Å². The van der Waals surface area contributed by atoms with E-state index >= 15 is 0 Å². The van der Waals surface area contributed by atoms with E-state index in [0.29, 0.717) is 17.9 Å². The zero-order valence-electron chi connectivity index (χ0n) is 9.64. The molecule has 0 aliphatic carbocycles. The molecule has 0 saturated carbocycles. The zero-order valence-corrected chi connectivity index (χ0v) is 9.64. The smallest absolute Gasteiger partial charge is 0.322 e. The van der Waals surface area contributed by atoms with Gasteiger partial charge in [-0.1, -0.05) is 12.1 Å². The zero-order chi connectivity index (χ0) is 13.0. The third-order valence-electron chi connectivity index (χ3n) is 2.54. The fourth-order valence-corrected chi connectivity index (χ4v) is 1.70. The van der Waals surface area contributed by atoms with Gasteiger partial charge in [-0.05, 0) is 18.1 Å². The Morgan fingerprint density at radius 3 is 2.94 bits per heavy atom. The van der Waals surface area contributed by atoms with Crippen molar-refractivity contribution in [2.75, 3.05) is 13.3 Å². The number of hydrogen-bond donors (Lipinski definition) is 2. The first kappa shape index (κ1) is 12.2. The van der Waals surface area contributed by atoms with Gasteiger partial charge in [0, 0.05) is 6.42 Å². The van der Waals surface area contributed by atoms with Crippen LogP contribution in [0.15, 0.2) is 18.2 Å². The Kier molecular flexibility index (Phi) is 3.66. The molecule has 1 aromatic rings. The highest BCUT2D eigenvalue weighted by Gasteiger charge is 2.17. The van der Waals surface area contributed by atoms with Gasteiger partial charge in [0.1, 0.15) is 6.54 Å². The molecule has 1 heterocycles. The number of rotatable bonds is 5.